The molecule has 0 atom stereocenters. The van der Waals surface area contributed by atoms with Gasteiger partial charge in [0.1, 0.15) is 18.1 Å². The van der Waals surface area contributed by atoms with E-state index >= 15 is 0 Å². The molecular weight excluding hydrogens is 580 g/mol. The van der Waals surface area contributed by atoms with Gasteiger partial charge >= 0.3 is 0 Å². The molecule has 0 saturated heterocycles. The van der Waals surface area contributed by atoms with Crippen molar-refractivity contribution in [1.82, 2.24) is 10.7 Å². The van der Waals surface area contributed by atoms with E-state index in [0.717, 1.165) is 9.87 Å². The quantitative estimate of drug-likeness (QED) is 0.179. The van der Waals surface area contributed by atoms with E-state index in [1.807, 2.05) is 6.92 Å². The van der Waals surface area contributed by atoms with E-state index in [-0.39, 0.29) is 29.6 Å². The molecule has 0 unspecified atom stereocenters. The molecular formula is C30H29ClN4O6S. The summed E-state index contributed by atoms with van der Waals surface area (Å²) < 4.78 is 38.8. The number of nitrogens with one attached hydrogen (secondary N) is 2. The van der Waals surface area contributed by atoms with Crippen LogP contribution in [0, 0.1) is 13.8 Å². The first kappa shape index (κ1) is 30.4. The van der Waals surface area contributed by atoms with E-state index in [1.54, 1.807) is 73.7 Å². The summed E-state index contributed by atoms with van der Waals surface area (Å²) in [5, 5.41) is 7.02. The second-order valence-electron chi connectivity index (χ2n) is 9.22. The van der Waals surface area contributed by atoms with E-state index in [0.29, 0.717) is 27.7 Å². The normalized spacial score (nSPS) is 11.3. The molecule has 0 aliphatic rings. The smallest absolute Gasteiger partial charge is 0.264 e. The van der Waals surface area contributed by atoms with Gasteiger partial charge in [0.2, 0.25) is 0 Å². The number of carbonyl (C=O) groups is 2. The van der Waals surface area contributed by atoms with Crippen molar-refractivity contribution >= 4 is 45.3 Å². The van der Waals surface area contributed by atoms with Gasteiger partial charge in [-0.25, -0.2) is 13.8 Å². The largest absolute Gasteiger partial charge is 0.484 e. The fourth-order valence-corrected chi connectivity index (χ4v) is 5.44. The maximum absolute atomic E-state index is 13.6. The highest BCUT2D eigenvalue weighted by molar-refractivity contribution is 7.92. The number of amides is 2. The van der Waals surface area contributed by atoms with Crippen LogP contribution in [0.1, 0.15) is 22.5 Å². The van der Waals surface area contributed by atoms with E-state index in [4.69, 9.17) is 20.8 Å². The van der Waals surface area contributed by atoms with Crippen LogP contribution in [-0.4, -0.2) is 39.6 Å². The molecule has 4 rings (SSSR count). The minimum atomic E-state index is -4.10. The van der Waals surface area contributed by atoms with Crippen molar-refractivity contribution in [1.29, 1.82) is 0 Å². The Morgan fingerprint density at radius 1 is 0.976 bits per heavy atom. The molecule has 0 radical (unpaired) electrons. The number of anilines is 1. The van der Waals surface area contributed by atoms with Crippen LogP contribution in [-0.2, 0) is 26.2 Å². The first-order chi connectivity index (χ1) is 20.1. The van der Waals surface area contributed by atoms with Crippen molar-refractivity contribution < 1.29 is 27.2 Å². The lowest BCUT2D eigenvalue weighted by Gasteiger charge is -2.25. The molecule has 4 aromatic rings. The number of nitrogens with zero attached hydrogens (tertiary/aromatic N) is 2. The van der Waals surface area contributed by atoms with Gasteiger partial charge in [-0.2, -0.15) is 5.10 Å². The van der Waals surface area contributed by atoms with Crippen molar-refractivity contribution in [2.45, 2.75) is 25.3 Å². The molecule has 10 nitrogen and oxygen atoms in total. The number of aryl methyl sites for hydroxylation is 1. The summed E-state index contributed by atoms with van der Waals surface area (Å²) in [5.74, 6) is 0.158. The van der Waals surface area contributed by atoms with Crippen LogP contribution in [0.25, 0.3) is 0 Å². The second-order valence-corrected chi connectivity index (χ2v) is 11.5. The lowest BCUT2D eigenvalue weighted by Crippen LogP contribution is -2.40. The molecule has 0 aliphatic heterocycles. The third kappa shape index (κ3) is 7.99. The van der Waals surface area contributed by atoms with Gasteiger partial charge in [-0.05, 0) is 85.6 Å². The molecule has 0 bridgehead atoms. The highest BCUT2D eigenvalue weighted by Gasteiger charge is 2.28. The first-order valence-corrected chi connectivity index (χ1v) is 14.6. The molecule has 12 heteroatoms. The Morgan fingerprint density at radius 3 is 2.40 bits per heavy atom. The summed E-state index contributed by atoms with van der Waals surface area (Å²) in [5.41, 5.74) is 4.72. The molecule has 0 aliphatic carbocycles. The summed E-state index contributed by atoms with van der Waals surface area (Å²) in [4.78, 5) is 24.8. The Hall–Kier alpha value is -4.61. The molecule has 2 amide bonds. The molecule has 218 valence electrons. The van der Waals surface area contributed by atoms with Crippen LogP contribution >= 0.6 is 11.6 Å². The van der Waals surface area contributed by atoms with Crippen LogP contribution in [0.5, 0.6) is 5.75 Å². The van der Waals surface area contributed by atoms with Crippen molar-refractivity contribution in [3.8, 4) is 5.75 Å². The summed E-state index contributed by atoms with van der Waals surface area (Å²) in [6.07, 6.45) is 2.93. The molecule has 42 heavy (non-hydrogen) atoms. The number of benzene rings is 3. The van der Waals surface area contributed by atoms with Crippen LogP contribution in [0.15, 0.2) is 99.5 Å². The number of hydrogen-bond donors (Lipinski definition) is 2. The van der Waals surface area contributed by atoms with E-state index in [2.05, 4.69) is 15.8 Å². The van der Waals surface area contributed by atoms with Crippen molar-refractivity contribution in [2.24, 2.45) is 5.10 Å². The Morgan fingerprint density at radius 2 is 1.71 bits per heavy atom. The predicted molar refractivity (Wildman–Crippen MR) is 160 cm³/mol. The highest BCUT2D eigenvalue weighted by Crippen LogP contribution is 2.30. The first-order valence-electron chi connectivity index (χ1n) is 12.8. The van der Waals surface area contributed by atoms with E-state index in [1.165, 1.54) is 24.6 Å². The summed E-state index contributed by atoms with van der Waals surface area (Å²) in [7, 11) is -4.10. The van der Waals surface area contributed by atoms with Gasteiger partial charge < -0.3 is 14.5 Å². The number of carbonyl (C=O) groups excluding carboxylic acids is 2. The fraction of sp³-hybridized carbons (Fsp3) is 0.167. The van der Waals surface area contributed by atoms with Gasteiger partial charge in [0.05, 0.1) is 29.6 Å². The number of ether oxygens (including phenoxy) is 1. The number of sulfonamides is 1. The summed E-state index contributed by atoms with van der Waals surface area (Å²) in [6, 6.07) is 21.4. The zero-order valence-electron chi connectivity index (χ0n) is 22.9. The lowest BCUT2D eigenvalue weighted by molar-refractivity contribution is -0.123. The number of hydrazone groups is 1. The topological polar surface area (TPSA) is 130 Å². The molecule has 1 heterocycles. The minimum Gasteiger partial charge on any atom is -0.484 e. The standard InChI is InChI=1S/C30H29ClN4O6S/c1-21-8-14-26(15-9-21)42(38,39)35(28-7-3-6-27(31)22(28)2)19-29(36)34-33-17-23-10-12-24(13-11-23)41-20-30(37)32-18-25-5-4-16-40-25/h3-17H,18-20H2,1-2H3,(H,32,37)(H,34,36)/b33-17-. The summed E-state index contributed by atoms with van der Waals surface area (Å²) >= 11 is 6.26. The van der Waals surface area contributed by atoms with Crippen LogP contribution in [0.2, 0.25) is 5.02 Å². The number of halogens is 1. The second kappa shape index (κ2) is 13.8. The maximum Gasteiger partial charge on any atom is 0.264 e. The Balaban J connectivity index is 1.36. The SMILES string of the molecule is Cc1ccc(S(=O)(=O)N(CC(=O)N/N=C\c2ccc(OCC(=O)NCc3ccco3)cc2)c2cccc(Cl)c2C)cc1. The number of furan rings is 1. The fourth-order valence-electron chi connectivity index (χ4n) is 3.80. The van der Waals surface area contributed by atoms with E-state index in [9.17, 15) is 18.0 Å². The van der Waals surface area contributed by atoms with Gasteiger partial charge in [0, 0.05) is 5.02 Å². The van der Waals surface area contributed by atoms with Gasteiger partial charge in [0.15, 0.2) is 6.61 Å². The molecule has 2 N–H and O–H groups in total. The third-order valence-electron chi connectivity index (χ3n) is 6.10. The van der Waals surface area contributed by atoms with Crippen molar-refractivity contribution in [2.75, 3.05) is 17.5 Å². The van der Waals surface area contributed by atoms with Gasteiger partial charge in [-0.1, -0.05) is 35.4 Å². The maximum atomic E-state index is 13.6. The van der Waals surface area contributed by atoms with Crippen molar-refractivity contribution in [3.05, 3.63) is 113 Å². The van der Waals surface area contributed by atoms with Crippen molar-refractivity contribution in [3.63, 3.8) is 0 Å². The Labute approximate surface area is 249 Å². The zero-order chi connectivity index (χ0) is 30.1. The van der Waals surface area contributed by atoms with E-state index < -0.39 is 22.5 Å². The lowest BCUT2D eigenvalue weighted by atomic mass is 10.2. The van der Waals surface area contributed by atoms with Gasteiger partial charge in [-0.3, -0.25) is 13.9 Å². The van der Waals surface area contributed by atoms with Crippen LogP contribution in [0.4, 0.5) is 5.69 Å². The average Bonchev–Trinajstić information content (AvgIpc) is 3.50. The van der Waals surface area contributed by atoms with Crippen LogP contribution in [0.3, 0.4) is 0 Å². The molecule has 0 fully saturated rings. The predicted octanol–water partition coefficient (Wildman–Crippen LogP) is 4.59. The molecule has 0 spiro atoms. The molecule has 1 aromatic heterocycles. The Kier molecular flexibility index (Phi) is 10.00. The Bertz CT molecular complexity index is 1660. The minimum absolute atomic E-state index is 0.0427. The average molecular weight is 609 g/mol. The summed E-state index contributed by atoms with van der Waals surface area (Å²) in [6.45, 7) is 3.11. The highest BCUT2D eigenvalue weighted by atomic mass is 35.5. The monoisotopic (exact) mass is 608 g/mol. The third-order valence-corrected chi connectivity index (χ3v) is 8.28. The molecule has 0 saturated carbocycles. The zero-order valence-corrected chi connectivity index (χ0v) is 24.5. The van der Waals surface area contributed by atoms with Gasteiger partial charge in [0.25, 0.3) is 21.8 Å². The molecule has 3 aromatic carbocycles. The number of hydrogen-bond acceptors (Lipinski definition) is 7. The number of rotatable bonds is 12. The van der Waals surface area contributed by atoms with Crippen LogP contribution < -0.4 is 19.8 Å². The van der Waals surface area contributed by atoms with Gasteiger partial charge in [-0.15, -0.1) is 0 Å².